The van der Waals surface area contributed by atoms with Crippen LogP contribution in [0.15, 0.2) is 58.3 Å². The first kappa shape index (κ1) is 25.4. The van der Waals surface area contributed by atoms with Gasteiger partial charge in [0.25, 0.3) is 0 Å². The Hall–Kier alpha value is -1.21. The van der Waals surface area contributed by atoms with Gasteiger partial charge in [-0.2, -0.15) is 4.31 Å². The quantitative estimate of drug-likeness (QED) is 0.549. The van der Waals surface area contributed by atoms with Crippen LogP contribution in [0, 0.1) is 0 Å². The van der Waals surface area contributed by atoms with Crippen LogP contribution in [0.3, 0.4) is 0 Å². The van der Waals surface area contributed by atoms with Crippen LogP contribution in [0.25, 0.3) is 0 Å². The van der Waals surface area contributed by atoms with Gasteiger partial charge in [-0.05, 0) is 61.9 Å². The Labute approximate surface area is 198 Å². The van der Waals surface area contributed by atoms with Gasteiger partial charge < -0.3 is 0 Å². The minimum Gasteiger partial charge on any atom is -0.229 e. The van der Waals surface area contributed by atoms with E-state index in [1.807, 2.05) is 0 Å². The van der Waals surface area contributed by atoms with E-state index in [9.17, 15) is 25.3 Å². The Morgan fingerprint density at radius 2 is 1.44 bits per heavy atom. The molecule has 1 N–H and O–H groups in total. The van der Waals surface area contributed by atoms with Crippen LogP contribution in [-0.4, -0.2) is 59.7 Å². The standard InChI is InChI=1S/C19H22Cl2N2O6S3/c1-19(10-13-30(24,25)14-19)23(32(28,29)18-8-4-16(21)5-9-18)12-11-22-31(26,27)17-6-2-15(20)3-7-17/h2-9,22H,10-14H2,1H3/t19-/m1/s1. The molecule has 0 aromatic heterocycles. The third kappa shape index (κ3) is 5.64. The first-order valence-corrected chi connectivity index (χ1v) is 15.0. The molecule has 176 valence electrons. The molecule has 1 aliphatic heterocycles. The molecule has 0 amide bonds. The van der Waals surface area contributed by atoms with Gasteiger partial charge in [-0.3, -0.25) is 0 Å². The summed E-state index contributed by atoms with van der Waals surface area (Å²) in [5, 5.41) is 0.723. The number of hydrogen-bond acceptors (Lipinski definition) is 6. The predicted octanol–water partition coefficient (Wildman–Crippen LogP) is 2.54. The van der Waals surface area contributed by atoms with Gasteiger partial charge in [-0.25, -0.2) is 30.0 Å². The number of halogens is 2. The van der Waals surface area contributed by atoms with Crippen molar-refractivity contribution in [2.45, 2.75) is 28.7 Å². The van der Waals surface area contributed by atoms with E-state index in [0.29, 0.717) is 10.0 Å². The molecule has 1 heterocycles. The second-order valence-electron chi connectivity index (χ2n) is 7.72. The summed E-state index contributed by atoms with van der Waals surface area (Å²) >= 11 is 11.7. The summed E-state index contributed by atoms with van der Waals surface area (Å²) in [4.78, 5) is -0.0864. The van der Waals surface area contributed by atoms with Crippen molar-refractivity contribution < 1.29 is 25.3 Å². The molecule has 0 saturated carbocycles. The van der Waals surface area contributed by atoms with Crippen LogP contribution in [0.1, 0.15) is 13.3 Å². The number of benzene rings is 2. The highest BCUT2D eigenvalue weighted by molar-refractivity contribution is 7.92. The first-order chi connectivity index (χ1) is 14.8. The van der Waals surface area contributed by atoms with Crippen molar-refractivity contribution in [1.82, 2.24) is 9.03 Å². The van der Waals surface area contributed by atoms with E-state index in [1.165, 1.54) is 48.5 Å². The molecule has 0 unspecified atom stereocenters. The van der Waals surface area contributed by atoms with E-state index in [0.717, 1.165) is 4.31 Å². The zero-order chi connectivity index (χ0) is 23.8. The summed E-state index contributed by atoms with van der Waals surface area (Å²) < 4.78 is 79.6. The Balaban J connectivity index is 1.88. The molecule has 2 aromatic rings. The average Bonchev–Trinajstić information content (AvgIpc) is 2.99. The minimum atomic E-state index is -4.14. The summed E-state index contributed by atoms with van der Waals surface area (Å²) in [5.41, 5.74) is -1.22. The fraction of sp³-hybridized carbons (Fsp3) is 0.368. The van der Waals surface area contributed by atoms with Crippen molar-refractivity contribution in [1.29, 1.82) is 0 Å². The molecule has 13 heteroatoms. The lowest BCUT2D eigenvalue weighted by molar-refractivity contribution is 0.236. The second kappa shape index (κ2) is 9.21. The number of hydrogen-bond donors (Lipinski definition) is 1. The van der Waals surface area contributed by atoms with E-state index in [1.54, 1.807) is 6.92 Å². The molecule has 1 aliphatic rings. The van der Waals surface area contributed by atoms with Gasteiger partial charge >= 0.3 is 0 Å². The van der Waals surface area contributed by atoms with Crippen molar-refractivity contribution in [2.24, 2.45) is 0 Å². The highest BCUT2D eigenvalue weighted by Gasteiger charge is 2.47. The van der Waals surface area contributed by atoms with Crippen molar-refractivity contribution in [3.8, 4) is 0 Å². The maximum Gasteiger partial charge on any atom is 0.243 e. The summed E-state index contributed by atoms with van der Waals surface area (Å²) in [5.74, 6) is -0.497. The average molecular weight is 542 g/mol. The summed E-state index contributed by atoms with van der Waals surface area (Å²) in [7, 11) is -11.5. The number of rotatable bonds is 8. The lowest BCUT2D eigenvalue weighted by atomic mass is 10.0. The van der Waals surface area contributed by atoms with Crippen LogP contribution in [-0.2, 0) is 29.9 Å². The largest absolute Gasteiger partial charge is 0.243 e. The van der Waals surface area contributed by atoms with Gasteiger partial charge in [0.05, 0.1) is 21.3 Å². The molecule has 3 rings (SSSR count). The van der Waals surface area contributed by atoms with Gasteiger partial charge in [0.15, 0.2) is 9.84 Å². The lowest BCUT2D eigenvalue weighted by Crippen LogP contribution is -2.53. The maximum atomic E-state index is 13.4. The molecule has 0 spiro atoms. The number of nitrogens with one attached hydrogen (secondary N) is 1. The fourth-order valence-corrected chi connectivity index (χ4v) is 8.88. The Morgan fingerprint density at radius 1 is 0.938 bits per heavy atom. The van der Waals surface area contributed by atoms with Gasteiger partial charge in [-0.15, -0.1) is 0 Å². The monoisotopic (exact) mass is 540 g/mol. The molecule has 1 saturated heterocycles. The minimum absolute atomic E-state index is 0.0244. The summed E-state index contributed by atoms with van der Waals surface area (Å²) in [6.45, 7) is 1.04. The van der Waals surface area contributed by atoms with E-state index < -0.39 is 35.4 Å². The number of sulfonamides is 2. The Bertz CT molecular complexity index is 1300. The van der Waals surface area contributed by atoms with E-state index in [4.69, 9.17) is 23.2 Å². The van der Waals surface area contributed by atoms with Gasteiger partial charge in [0, 0.05) is 28.7 Å². The van der Waals surface area contributed by atoms with E-state index >= 15 is 0 Å². The first-order valence-electron chi connectivity index (χ1n) is 9.49. The van der Waals surface area contributed by atoms with Crippen molar-refractivity contribution in [2.75, 3.05) is 24.6 Å². The lowest BCUT2D eigenvalue weighted by Gasteiger charge is -2.36. The van der Waals surface area contributed by atoms with Crippen LogP contribution in [0.4, 0.5) is 0 Å². The molecule has 8 nitrogen and oxygen atoms in total. The SMILES string of the molecule is C[C@@]1(N(CCNS(=O)(=O)c2ccc(Cl)cc2)S(=O)(=O)c2ccc(Cl)cc2)CCS(=O)(=O)C1. The van der Waals surface area contributed by atoms with Crippen LogP contribution in [0.5, 0.6) is 0 Å². The molecule has 32 heavy (non-hydrogen) atoms. The zero-order valence-corrected chi connectivity index (χ0v) is 21.0. The second-order valence-corrected chi connectivity index (χ2v) is 14.4. The topological polar surface area (TPSA) is 118 Å². The van der Waals surface area contributed by atoms with E-state index in [2.05, 4.69) is 4.72 Å². The smallest absolute Gasteiger partial charge is 0.229 e. The number of nitrogens with zero attached hydrogens (tertiary/aromatic N) is 1. The highest BCUT2D eigenvalue weighted by Crippen LogP contribution is 2.34. The summed E-state index contributed by atoms with van der Waals surface area (Å²) in [6.07, 6.45) is 0.103. The zero-order valence-electron chi connectivity index (χ0n) is 17.0. The highest BCUT2D eigenvalue weighted by atomic mass is 35.5. The molecule has 0 bridgehead atoms. The molecule has 1 fully saturated rings. The van der Waals surface area contributed by atoms with Crippen LogP contribution < -0.4 is 4.72 Å². The predicted molar refractivity (Wildman–Crippen MR) is 124 cm³/mol. The molecular weight excluding hydrogens is 519 g/mol. The van der Waals surface area contributed by atoms with Gasteiger partial charge in [0.1, 0.15) is 0 Å². The van der Waals surface area contributed by atoms with Crippen molar-refractivity contribution >= 4 is 53.1 Å². The van der Waals surface area contributed by atoms with Crippen molar-refractivity contribution in [3.63, 3.8) is 0 Å². The molecule has 0 aliphatic carbocycles. The molecular formula is C19H22Cl2N2O6S3. The van der Waals surface area contributed by atoms with Crippen LogP contribution in [0.2, 0.25) is 10.0 Å². The third-order valence-corrected chi connectivity index (χ3v) is 11.2. The van der Waals surface area contributed by atoms with Gasteiger partial charge in [0.2, 0.25) is 20.0 Å². The normalized spacial score (nSPS) is 21.1. The summed E-state index contributed by atoms with van der Waals surface area (Å²) in [6, 6.07) is 11.0. The third-order valence-electron chi connectivity index (χ3n) is 5.22. The molecule has 1 atom stereocenters. The maximum absolute atomic E-state index is 13.4. The molecule has 0 radical (unpaired) electrons. The van der Waals surface area contributed by atoms with Crippen molar-refractivity contribution in [3.05, 3.63) is 58.6 Å². The Morgan fingerprint density at radius 3 is 1.91 bits per heavy atom. The van der Waals surface area contributed by atoms with Gasteiger partial charge in [-0.1, -0.05) is 23.2 Å². The number of sulfone groups is 1. The Kier molecular flexibility index (Phi) is 7.31. The fourth-order valence-electron chi connectivity index (χ4n) is 3.58. The van der Waals surface area contributed by atoms with Crippen LogP contribution >= 0.6 is 23.2 Å². The molecule has 2 aromatic carbocycles. The van der Waals surface area contributed by atoms with E-state index in [-0.39, 0.29) is 40.8 Å².